The van der Waals surface area contributed by atoms with E-state index in [2.05, 4.69) is 0 Å². The van der Waals surface area contributed by atoms with Gasteiger partial charge in [0.05, 0.1) is 0 Å². The quantitative estimate of drug-likeness (QED) is 0.793. The van der Waals surface area contributed by atoms with Crippen molar-refractivity contribution in [3.8, 4) is 0 Å². The number of piperidine rings is 1. The normalized spacial score (nSPS) is 18.2. The third-order valence-electron chi connectivity index (χ3n) is 3.17. The summed E-state index contributed by atoms with van der Waals surface area (Å²) in [4.78, 5) is 25.9. The average Bonchev–Trinajstić information content (AvgIpc) is 2.27. The first-order chi connectivity index (χ1) is 8.78. The topological polar surface area (TPSA) is 37.4 Å². The van der Waals surface area contributed by atoms with E-state index >= 15 is 0 Å². The maximum absolute atomic E-state index is 12.1. The zero-order valence-corrected chi connectivity index (χ0v) is 13.5. The van der Waals surface area contributed by atoms with E-state index in [1.165, 1.54) is 18.2 Å². The molecule has 0 N–H and O–H groups in total. The van der Waals surface area contributed by atoms with Crippen molar-refractivity contribution < 1.29 is 9.59 Å². The smallest absolute Gasteiger partial charge is 0.222 e. The van der Waals surface area contributed by atoms with Gasteiger partial charge >= 0.3 is 0 Å². The molecule has 0 aliphatic carbocycles. The van der Waals surface area contributed by atoms with E-state index < -0.39 is 0 Å². The molecule has 110 valence electrons. The molecule has 1 rings (SSSR count). The van der Waals surface area contributed by atoms with Crippen molar-refractivity contribution in [1.82, 2.24) is 4.90 Å². The van der Waals surface area contributed by atoms with Crippen molar-refractivity contribution in [1.29, 1.82) is 0 Å². The molecule has 19 heavy (non-hydrogen) atoms. The van der Waals surface area contributed by atoms with Gasteiger partial charge in [0.2, 0.25) is 5.91 Å². The molecule has 1 amide bonds. The number of hydrogen-bond acceptors (Lipinski definition) is 3. The molecule has 0 radical (unpaired) electrons. The van der Waals surface area contributed by atoms with E-state index in [1.807, 2.05) is 32.6 Å². The number of carbonyl (C=O) groups excluding carboxylic acids is 2. The minimum Gasteiger partial charge on any atom is -0.343 e. The fourth-order valence-corrected chi connectivity index (χ4v) is 3.36. The lowest BCUT2D eigenvalue weighted by Gasteiger charge is -2.27. The summed E-state index contributed by atoms with van der Waals surface area (Å²) in [6, 6.07) is 0. The molecule has 1 heterocycles. The van der Waals surface area contributed by atoms with Crippen LogP contribution in [-0.2, 0) is 9.59 Å². The second-order valence-electron chi connectivity index (χ2n) is 6.54. The Morgan fingerprint density at radius 2 is 1.68 bits per heavy atom. The van der Waals surface area contributed by atoms with Crippen molar-refractivity contribution in [2.75, 3.05) is 13.1 Å². The highest BCUT2D eigenvalue weighted by Crippen LogP contribution is 2.27. The standard InChI is InChI=1S/C15H27NO2S/c1-12(11-14(18)19-15(2,3)4)10-13(17)16-8-6-5-7-9-16/h12H,5-11H2,1-4H3/t12-/m1/s1. The molecule has 1 aliphatic rings. The summed E-state index contributed by atoms with van der Waals surface area (Å²) in [5.74, 6) is 0.373. The first kappa shape index (κ1) is 16.5. The Hall–Kier alpha value is -0.510. The predicted octanol–water partition coefficient (Wildman–Crippen LogP) is 3.47. The predicted molar refractivity (Wildman–Crippen MR) is 81.2 cm³/mol. The summed E-state index contributed by atoms with van der Waals surface area (Å²) >= 11 is 1.38. The first-order valence-corrected chi connectivity index (χ1v) is 8.09. The van der Waals surface area contributed by atoms with Gasteiger partial charge in [-0.05, 0) is 25.2 Å². The Kier molecular flexibility index (Phi) is 6.37. The second-order valence-corrected chi connectivity index (χ2v) is 8.43. The number of carbonyl (C=O) groups is 2. The Morgan fingerprint density at radius 1 is 1.11 bits per heavy atom. The van der Waals surface area contributed by atoms with Gasteiger partial charge in [-0.2, -0.15) is 0 Å². The van der Waals surface area contributed by atoms with E-state index in [9.17, 15) is 9.59 Å². The van der Waals surface area contributed by atoms with Crippen LogP contribution in [0, 0.1) is 5.92 Å². The second kappa shape index (κ2) is 7.32. The van der Waals surface area contributed by atoms with Crippen LogP contribution in [0.3, 0.4) is 0 Å². The van der Waals surface area contributed by atoms with E-state index in [4.69, 9.17) is 0 Å². The molecule has 0 unspecified atom stereocenters. The van der Waals surface area contributed by atoms with Gasteiger partial charge in [0, 0.05) is 30.7 Å². The lowest BCUT2D eigenvalue weighted by atomic mass is 10.0. The van der Waals surface area contributed by atoms with Gasteiger partial charge in [0.25, 0.3) is 0 Å². The van der Waals surface area contributed by atoms with Crippen LogP contribution < -0.4 is 0 Å². The molecule has 0 aromatic carbocycles. The van der Waals surface area contributed by atoms with Crippen molar-refractivity contribution in [3.63, 3.8) is 0 Å². The molecule has 0 saturated carbocycles. The van der Waals surface area contributed by atoms with Crippen LogP contribution in [0.15, 0.2) is 0 Å². The third-order valence-corrected chi connectivity index (χ3v) is 4.17. The molecule has 1 fully saturated rings. The SMILES string of the molecule is C[C@@H](CC(=O)SC(C)(C)C)CC(=O)N1CCCCC1. The maximum Gasteiger partial charge on any atom is 0.222 e. The average molecular weight is 285 g/mol. The van der Waals surface area contributed by atoms with Gasteiger partial charge in [-0.1, -0.05) is 39.5 Å². The first-order valence-electron chi connectivity index (χ1n) is 7.27. The molecular formula is C15H27NO2S. The molecule has 1 aliphatic heterocycles. The number of amides is 1. The van der Waals surface area contributed by atoms with Gasteiger partial charge in [-0.25, -0.2) is 0 Å². The van der Waals surface area contributed by atoms with E-state index in [-0.39, 0.29) is 21.7 Å². The molecule has 0 bridgehead atoms. The molecule has 4 heteroatoms. The van der Waals surface area contributed by atoms with Crippen LogP contribution in [0.4, 0.5) is 0 Å². The fourth-order valence-electron chi connectivity index (χ4n) is 2.31. The Morgan fingerprint density at radius 3 is 2.21 bits per heavy atom. The number of thioether (sulfide) groups is 1. The van der Waals surface area contributed by atoms with Gasteiger partial charge in [-0.15, -0.1) is 0 Å². The maximum atomic E-state index is 12.1. The zero-order valence-electron chi connectivity index (χ0n) is 12.7. The zero-order chi connectivity index (χ0) is 14.5. The summed E-state index contributed by atoms with van der Waals surface area (Å²) in [5.41, 5.74) is 0. The summed E-state index contributed by atoms with van der Waals surface area (Å²) in [5, 5.41) is 0.200. The lowest BCUT2D eigenvalue weighted by molar-refractivity contribution is -0.133. The lowest BCUT2D eigenvalue weighted by Crippen LogP contribution is -2.36. The molecule has 1 saturated heterocycles. The fraction of sp³-hybridized carbons (Fsp3) is 0.867. The van der Waals surface area contributed by atoms with Gasteiger partial charge in [-0.3, -0.25) is 9.59 Å². The summed E-state index contributed by atoms with van der Waals surface area (Å²) in [7, 11) is 0. The van der Waals surface area contributed by atoms with Crippen molar-refractivity contribution in [3.05, 3.63) is 0 Å². The number of nitrogens with zero attached hydrogens (tertiary/aromatic N) is 1. The minimum absolute atomic E-state index is 0.0340. The monoisotopic (exact) mass is 285 g/mol. The molecule has 3 nitrogen and oxygen atoms in total. The van der Waals surface area contributed by atoms with Crippen LogP contribution in [0.2, 0.25) is 0 Å². The Bertz CT molecular complexity index is 317. The summed E-state index contributed by atoms with van der Waals surface area (Å²) in [6.07, 6.45) is 4.50. The van der Waals surface area contributed by atoms with Gasteiger partial charge in [0.1, 0.15) is 0 Å². The minimum atomic E-state index is -0.0340. The van der Waals surface area contributed by atoms with E-state index in [1.54, 1.807) is 0 Å². The van der Waals surface area contributed by atoms with Gasteiger partial charge < -0.3 is 4.90 Å². The molecule has 1 atom stereocenters. The molecule has 0 aromatic rings. The molecule has 0 aromatic heterocycles. The van der Waals surface area contributed by atoms with Crippen LogP contribution >= 0.6 is 11.8 Å². The third kappa shape index (κ3) is 7.00. The number of hydrogen-bond donors (Lipinski definition) is 0. The largest absolute Gasteiger partial charge is 0.343 e. The highest BCUT2D eigenvalue weighted by Gasteiger charge is 2.22. The summed E-state index contributed by atoms with van der Waals surface area (Å²) in [6.45, 7) is 9.92. The highest BCUT2D eigenvalue weighted by atomic mass is 32.2. The van der Waals surface area contributed by atoms with Gasteiger partial charge in [0.15, 0.2) is 5.12 Å². The van der Waals surface area contributed by atoms with Crippen molar-refractivity contribution in [2.24, 2.45) is 5.92 Å². The Balaban J connectivity index is 2.31. The van der Waals surface area contributed by atoms with E-state index in [0.29, 0.717) is 12.8 Å². The Labute approximate surface area is 121 Å². The number of rotatable bonds is 4. The van der Waals surface area contributed by atoms with Crippen LogP contribution in [-0.4, -0.2) is 33.8 Å². The van der Waals surface area contributed by atoms with Crippen LogP contribution in [0.1, 0.15) is 59.8 Å². The van der Waals surface area contributed by atoms with E-state index in [0.717, 1.165) is 25.9 Å². The molecule has 0 spiro atoms. The van der Waals surface area contributed by atoms with Crippen LogP contribution in [0.25, 0.3) is 0 Å². The van der Waals surface area contributed by atoms with Crippen molar-refractivity contribution in [2.45, 2.75) is 64.5 Å². The van der Waals surface area contributed by atoms with Crippen LogP contribution in [0.5, 0.6) is 0 Å². The van der Waals surface area contributed by atoms with Crippen molar-refractivity contribution >= 4 is 22.8 Å². The summed E-state index contributed by atoms with van der Waals surface area (Å²) < 4.78 is -0.0340. The highest BCUT2D eigenvalue weighted by molar-refractivity contribution is 8.14. The molecular weight excluding hydrogens is 258 g/mol. The number of likely N-dealkylation sites (tertiary alicyclic amines) is 1.